The summed E-state index contributed by atoms with van der Waals surface area (Å²) in [6, 6.07) is 3.40. The Kier molecular flexibility index (Phi) is 3.83. The van der Waals surface area contributed by atoms with Gasteiger partial charge >= 0.3 is 5.97 Å². The first kappa shape index (κ1) is 13.5. The SMILES string of the molecule is Cc1ccc(C(=O)NC2(C(=O)O)CCCCC2)cn1. The molecule has 0 radical (unpaired) electrons. The largest absolute Gasteiger partial charge is 0.480 e. The van der Waals surface area contributed by atoms with Crippen LogP contribution in [0.4, 0.5) is 0 Å². The first-order chi connectivity index (χ1) is 9.03. The fraction of sp³-hybridized carbons (Fsp3) is 0.500. The maximum Gasteiger partial charge on any atom is 0.329 e. The predicted octanol–water partition coefficient (Wildman–Crippen LogP) is 1.91. The van der Waals surface area contributed by atoms with E-state index in [1.807, 2.05) is 6.92 Å². The molecule has 102 valence electrons. The molecule has 1 heterocycles. The lowest BCUT2D eigenvalue weighted by Gasteiger charge is -2.33. The summed E-state index contributed by atoms with van der Waals surface area (Å²) < 4.78 is 0. The normalized spacial score (nSPS) is 17.7. The van der Waals surface area contributed by atoms with E-state index in [4.69, 9.17) is 0 Å². The Morgan fingerprint density at radius 1 is 1.26 bits per heavy atom. The number of nitrogens with one attached hydrogen (secondary N) is 1. The summed E-state index contributed by atoms with van der Waals surface area (Å²) in [6.45, 7) is 1.83. The minimum atomic E-state index is -1.11. The molecule has 5 heteroatoms. The van der Waals surface area contributed by atoms with Crippen molar-refractivity contribution < 1.29 is 14.7 Å². The number of aryl methyl sites for hydroxylation is 1. The van der Waals surface area contributed by atoms with Gasteiger partial charge < -0.3 is 10.4 Å². The highest BCUT2D eigenvalue weighted by Crippen LogP contribution is 2.28. The van der Waals surface area contributed by atoms with E-state index >= 15 is 0 Å². The molecule has 1 aromatic rings. The Hall–Kier alpha value is -1.91. The number of carbonyl (C=O) groups excluding carboxylic acids is 1. The molecule has 2 N–H and O–H groups in total. The summed E-state index contributed by atoms with van der Waals surface area (Å²) in [4.78, 5) is 27.6. The Bertz CT molecular complexity index is 476. The van der Waals surface area contributed by atoms with Crippen molar-refractivity contribution in [1.29, 1.82) is 0 Å². The van der Waals surface area contributed by atoms with Crippen molar-refractivity contribution >= 4 is 11.9 Å². The number of carboxylic acid groups (broad SMARTS) is 1. The van der Waals surface area contributed by atoms with Crippen molar-refractivity contribution in [3.05, 3.63) is 29.6 Å². The van der Waals surface area contributed by atoms with Crippen LogP contribution in [0.25, 0.3) is 0 Å². The minimum absolute atomic E-state index is 0.364. The zero-order valence-corrected chi connectivity index (χ0v) is 11.0. The van der Waals surface area contributed by atoms with E-state index in [-0.39, 0.29) is 5.91 Å². The molecule has 0 bridgehead atoms. The van der Waals surface area contributed by atoms with E-state index in [1.165, 1.54) is 6.20 Å². The van der Waals surface area contributed by atoms with Gasteiger partial charge in [0.05, 0.1) is 5.56 Å². The van der Waals surface area contributed by atoms with Crippen LogP contribution < -0.4 is 5.32 Å². The molecule has 1 fully saturated rings. The summed E-state index contributed by atoms with van der Waals surface area (Å²) in [5, 5.41) is 12.1. The third-order valence-electron chi connectivity index (χ3n) is 3.64. The highest BCUT2D eigenvalue weighted by molar-refractivity contribution is 5.97. The van der Waals surface area contributed by atoms with Gasteiger partial charge in [0.1, 0.15) is 5.54 Å². The van der Waals surface area contributed by atoms with Crippen molar-refractivity contribution in [1.82, 2.24) is 10.3 Å². The zero-order chi connectivity index (χ0) is 13.9. The molecule has 0 saturated heterocycles. The molecule has 1 amide bonds. The van der Waals surface area contributed by atoms with Gasteiger partial charge in [0, 0.05) is 11.9 Å². The molecular weight excluding hydrogens is 244 g/mol. The molecule has 2 rings (SSSR count). The van der Waals surface area contributed by atoms with Crippen molar-refractivity contribution in [2.75, 3.05) is 0 Å². The number of aromatic nitrogens is 1. The lowest BCUT2D eigenvalue weighted by molar-refractivity contribution is -0.145. The van der Waals surface area contributed by atoms with Crippen LogP contribution in [0, 0.1) is 6.92 Å². The Balaban J connectivity index is 2.15. The number of pyridine rings is 1. The maximum atomic E-state index is 12.1. The fourth-order valence-corrected chi connectivity index (χ4v) is 2.44. The molecule has 0 unspecified atom stereocenters. The molecule has 1 saturated carbocycles. The van der Waals surface area contributed by atoms with Crippen LogP contribution >= 0.6 is 0 Å². The monoisotopic (exact) mass is 262 g/mol. The summed E-state index contributed by atoms with van der Waals surface area (Å²) in [5.74, 6) is -1.31. The smallest absolute Gasteiger partial charge is 0.329 e. The van der Waals surface area contributed by atoms with E-state index in [2.05, 4.69) is 10.3 Å². The van der Waals surface area contributed by atoms with Crippen molar-refractivity contribution in [2.45, 2.75) is 44.6 Å². The third-order valence-corrected chi connectivity index (χ3v) is 3.64. The Morgan fingerprint density at radius 3 is 2.47 bits per heavy atom. The highest BCUT2D eigenvalue weighted by atomic mass is 16.4. The number of rotatable bonds is 3. The van der Waals surface area contributed by atoms with Crippen LogP contribution in [0.5, 0.6) is 0 Å². The van der Waals surface area contributed by atoms with Gasteiger partial charge in [-0.25, -0.2) is 4.79 Å². The average Bonchev–Trinajstić information content (AvgIpc) is 2.40. The molecule has 1 aromatic heterocycles. The van der Waals surface area contributed by atoms with Gasteiger partial charge in [0.25, 0.3) is 5.91 Å². The van der Waals surface area contributed by atoms with E-state index in [9.17, 15) is 14.7 Å². The number of amides is 1. The number of carbonyl (C=O) groups is 2. The number of aliphatic carboxylic acids is 1. The maximum absolute atomic E-state index is 12.1. The van der Waals surface area contributed by atoms with Crippen molar-refractivity contribution in [3.63, 3.8) is 0 Å². The van der Waals surface area contributed by atoms with E-state index in [0.717, 1.165) is 25.0 Å². The second-order valence-electron chi connectivity index (χ2n) is 5.09. The average molecular weight is 262 g/mol. The number of carboxylic acids is 1. The van der Waals surface area contributed by atoms with Gasteiger partial charge in [-0.05, 0) is 31.9 Å². The number of hydrogen-bond donors (Lipinski definition) is 2. The van der Waals surface area contributed by atoms with Gasteiger partial charge in [-0.3, -0.25) is 9.78 Å². The van der Waals surface area contributed by atoms with Crippen LogP contribution in [0.1, 0.15) is 48.2 Å². The lowest BCUT2D eigenvalue weighted by Crippen LogP contribution is -2.55. The molecule has 0 aliphatic heterocycles. The lowest BCUT2D eigenvalue weighted by atomic mass is 9.81. The van der Waals surface area contributed by atoms with Crippen LogP contribution in [-0.2, 0) is 4.79 Å². The topological polar surface area (TPSA) is 79.3 Å². The van der Waals surface area contributed by atoms with Crippen LogP contribution in [0.15, 0.2) is 18.3 Å². The second-order valence-corrected chi connectivity index (χ2v) is 5.09. The molecule has 19 heavy (non-hydrogen) atoms. The molecule has 0 aromatic carbocycles. The fourth-order valence-electron chi connectivity index (χ4n) is 2.44. The van der Waals surface area contributed by atoms with Crippen molar-refractivity contribution in [2.24, 2.45) is 0 Å². The van der Waals surface area contributed by atoms with Gasteiger partial charge in [-0.2, -0.15) is 0 Å². The first-order valence-corrected chi connectivity index (χ1v) is 6.52. The van der Waals surface area contributed by atoms with Crippen molar-refractivity contribution in [3.8, 4) is 0 Å². The molecule has 0 spiro atoms. The molecule has 1 aliphatic carbocycles. The summed E-state index contributed by atoms with van der Waals surface area (Å²) >= 11 is 0. The second kappa shape index (κ2) is 5.38. The van der Waals surface area contributed by atoms with Gasteiger partial charge in [-0.15, -0.1) is 0 Å². The molecule has 0 atom stereocenters. The van der Waals surface area contributed by atoms with Crippen LogP contribution in [0.2, 0.25) is 0 Å². The van der Waals surface area contributed by atoms with E-state index in [1.54, 1.807) is 12.1 Å². The quantitative estimate of drug-likeness (QED) is 0.872. The Labute approximate surface area is 112 Å². The molecule has 1 aliphatic rings. The van der Waals surface area contributed by atoms with E-state index in [0.29, 0.717) is 18.4 Å². The van der Waals surface area contributed by atoms with E-state index < -0.39 is 11.5 Å². The summed E-state index contributed by atoms with van der Waals surface area (Å²) in [5.41, 5.74) is 0.110. The van der Waals surface area contributed by atoms with Crippen LogP contribution in [-0.4, -0.2) is 27.5 Å². The molecule has 5 nitrogen and oxygen atoms in total. The third kappa shape index (κ3) is 2.92. The summed E-state index contributed by atoms with van der Waals surface area (Å²) in [7, 11) is 0. The summed E-state index contributed by atoms with van der Waals surface area (Å²) in [6.07, 6.45) is 5.15. The standard InChI is InChI=1S/C14H18N2O3/c1-10-5-6-11(9-15-10)12(17)16-14(13(18)19)7-3-2-4-8-14/h5-6,9H,2-4,7-8H2,1H3,(H,16,17)(H,18,19). The van der Waals surface area contributed by atoms with Gasteiger partial charge in [-0.1, -0.05) is 19.3 Å². The zero-order valence-electron chi connectivity index (χ0n) is 11.0. The number of nitrogens with zero attached hydrogens (tertiary/aromatic N) is 1. The van der Waals surface area contributed by atoms with Gasteiger partial charge in [0.15, 0.2) is 0 Å². The predicted molar refractivity (Wildman–Crippen MR) is 69.9 cm³/mol. The highest BCUT2D eigenvalue weighted by Gasteiger charge is 2.41. The Morgan fingerprint density at radius 2 is 1.95 bits per heavy atom. The minimum Gasteiger partial charge on any atom is -0.480 e. The van der Waals surface area contributed by atoms with Gasteiger partial charge in [0.2, 0.25) is 0 Å². The first-order valence-electron chi connectivity index (χ1n) is 6.52. The number of hydrogen-bond acceptors (Lipinski definition) is 3. The molecular formula is C14H18N2O3. The van der Waals surface area contributed by atoms with Crippen LogP contribution in [0.3, 0.4) is 0 Å².